The normalized spacial score (nSPS) is 13.2. The molecule has 0 aromatic heterocycles. The van der Waals surface area contributed by atoms with Gasteiger partial charge in [0.1, 0.15) is 0 Å². The summed E-state index contributed by atoms with van der Waals surface area (Å²) >= 11 is 0. The molecule has 0 aliphatic carbocycles. The molecule has 0 bridgehead atoms. The number of hydrazine groups is 1. The molecule has 0 saturated heterocycles. The standard InChI is InChI=1S/C17H18N2O4S/c1-18(2)19(24(20)21)15-8-5-13(6-9-15)3-4-14-7-10-16-17(11-14)23-12-22-16/h3-11,24H,12H2,1-2H3/b4-3+. The van der Waals surface area contributed by atoms with Gasteiger partial charge in [0, 0.05) is 14.1 Å². The lowest BCUT2D eigenvalue weighted by Crippen LogP contribution is -2.35. The zero-order valence-corrected chi connectivity index (χ0v) is 14.3. The molecular weight excluding hydrogens is 328 g/mol. The molecule has 1 aliphatic rings. The van der Waals surface area contributed by atoms with Gasteiger partial charge in [0.05, 0.1) is 5.69 Å². The Morgan fingerprint density at radius 1 is 0.917 bits per heavy atom. The fourth-order valence-electron chi connectivity index (χ4n) is 2.40. The summed E-state index contributed by atoms with van der Waals surface area (Å²) < 4.78 is 34.5. The van der Waals surface area contributed by atoms with Crippen LogP contribution in [0.5, 0.6) is 11.5 Å². The van der Waals surface area contributed by atoms with Crippen LogP contribution in [0.3, 0.4) is 0 Å². The molecule has 6 nitrogen and oxygen atoms in total. The summed E-state index contributed by atoms with van der Waals surface area (Å²) in [7, 11) is 0.638. The van der Waals surface area contributed by atoms with Crippen LogP contribution in [0.2, 0.25) is 0 Å². The maximum atomic E-state index is 11.3. The summed E-state index contributed by atoms with van der Waals surface area (Å²) in [5.74, 6) is 1.50. The summed E-state index contributed by atoms with van der Waals surface area (Å²) in [4.78, 5) is 0. The summed E-state index contributed by atoms with van der Waals surface area (Å²) in [6.07, 6.45) is 3.92. The second kappa shape index (κ2) is 6.94. The lowest BCUT2D eigenvalue weighted by atomic mass is 10.1. The molecule has 7 heteroatoms. The van der Waals surface area contributed by atoms with E-state index in [1.165, 1.54) is 9.42 Å². The number of fused-ring (bicyclic) bond motifs is 1. The Kier molecular flexibility index (Phi) is 4.73. The van der Waals surface area contributed by atoms with Gasteiger partial charge < -0.3 is 9.47 Å². The van der Waals surface area contributed by atoms with E-state index in [2.05, 4.69) is 0 Å². The van der Waals surface area contributed by atoms with Crippen LogP contribution in [0, 0.1) is 0 Å². The third-order valence-corrected chi connectivity index (χ3v) is 4.42. The van der Waals surface area contributed by atoms with Gasteiger partial charge in [-0.05, 0) is 35.4 Å². The van der Waals surface area contributed by atoms with Crippen molar-refractivity contribution in [3.05, 3.63) is 53.6 Å². The van der Waals surface area contributed by atoms with E-state index in [0.717, 1.165) is 22.6 Å². The number of nitrogens with zero attached hydrogens (tertiary/aromatic N) is 2. The number of rotatable bonds is 5. The fourth-order valence-corrected chi connectivity index (χ4v) is 3.01. The molecule has 0 saturated carbocycles. The van der Waals surface area contributed by atoms with Gasteiger partial charge in [-0.2, -0.15) is 0 Å². The number of hydrogen-bond donors (Lipinski definition) is 1. The molecule has 2 aromatic carbocycles. The van der Waals surface area contributed by atoms with Crippen molar-refractivity contribution in [3.8, 4) is 11.5 Å². The number of hydrogen-bond acceptors (Lipinski definition) is 5. The fraction of sp³-hybridized carbons (Fsp3) is 0.176. The molecule has 0 unspecified atom stereocenters. The van der Waals surface area contributed by atoms with Gasteiger partial charge in [-0.1, -0.05) is 30.4 Å². The van der Waals surface area contributed by atoms with Crippen LogP contribution in [-0.4, -0.2) is 34.3 Å². The van der Waals surface area contributed by atoms with Crippen molar-refractivity contribution in [1.82, 2.24) is 5.01 Å². The van der Waals surface area contributed by atoms with Gasteiger partial charge in [0.25, 0.3) is 0 Å². The van der Waals surface area contributed by atoms with Crippen LogP contribution >= 0.6 is 0 Å². The van der Waals surface area contributed by atoms with Gasteiger partial charge in [-0.3, -0.25) is 0 Å². The summed E-state index contributed by atoms with van der Waals surface area (Å²) in [6.45, 7) is 0.258. The van der Waals surface area contributed by atoms with Gasteiger partial charge >= 0.3 is 0 Å². The first-order chi connectivity index (χ1) is 11.5. The second-order valence-electron chi connectivity index (χ2n) is 5.41. The molecule has 0 spiro atoms. The van der Waals surface area contributed by atoms with Crippen LogP contribution < -0.4 is 13.9 Å². The van der Waals surface area contributed by atoms with E-state index in [9.17, 15) is 8.42 Å². The highest BCUT2D eigenvalue weighted by Gasteiger charge is 2.12. The maximum Gasteiger partial charge on any atom is 0.238 e. The third-order valence-electron chi connectivity index (χ3n) is 3.52. The van der Waals surface area contributed by atoms with Gasteiger partial charge in [-0.15, -0.1) is 0 Å². The third kappa shape index (κ3) is 3.52. The molecule has 0 N–H and O–H groups in total. The molecule has 1 aliphatic heterocycles. The SMILES string of the molecule is CN(C)N(c1ccc(/C=C/c2ccc3c(c2)OCO3)cc1)[SH](=O)=O. The average Bonchev–Trinajstić information content (AvgIpc) is 3.01. The van der Waals surface area contributed by atoms with Crippen LogP contribution in [0.15, 0.2) is 42.5 Å². The summed E-state index contributed by atoms with van der Waals surface area (Å²) in [5, 5.41) is 1.52. The molecule has 0 atom stereocenters. The predicted octanol–water partition coefficient (Wildman–Crippen LogP) is 2.40. The van der Waals surface area contributed by atoms with Crippen LogP contribution in [0.1, 0.15) is 11.1 Å². The minimum Gasteiger partial charge on any atom is -0.454 e. The Morgan fingerprint density at radius 2 is 1.54 bits per heavy atom. The summed E-state index contributed by atoms with van der Waals surface area (Å²) in [6, 6.07) is 13.0. The molecule has 126 valence electrons. The number of benzene rings is 2. The highest BCUT2D eigenvalue weighted by Crippen LogP contribution is 2.33. The van der Waals surface area contributed by atoms with E-state index >= 15 is 0 Å². The van der Waals surface area contributed by atoms with Crippen molar-refractivity contribution in [2.24, 2.45) is 0 Å². The van der Waals surface area contributed by atoms with Crippen molar-refractivity contribution in [2.75, 3.05) is 25.3 Å². The highest BCUT2D eigenvalue weighted by atomic mass is 32.2. The Bertz CT molecular complexity index is 821. The number of thiol groups is 1. The largest absolute Gasteiger partial charge is 0.454 e. The van der Waals surface area contributed by atoms with Crippen LogP contribution in [-0.2, 0) is 10.9 Å². The maximum absolute atomic E-state index is 11.3. The van der Waals surface area contributed by atoms with Crippen LogP contribution in [0.4, 0.5) is 5.69 Å². The van der Waals surface area contributed by atoms with E-state index < -0.39 is 10.9 Å². The quantitative estimate of drug-likeness (QED) is 0.512. The zero-order valence-electron chi connectivity index (χ0n) is 13.4. The number of ether oxygens (including phenoxy) is 2. The molecule has 1 heterocycles. The van der Waals surface area contributed by atoms with Gasteiger partial charge in [-0.25, -0.2) is 17.8 Å². The Hall–Kier alpha value is -2.51. The molecule has 0 radical (unpaired) electrons. The van der Waals surface area contributed by atoms with Crippen molar-refractivity contribution in [2.45, 2.75) is 0 Å². The van der Waals surface area contributed by atoms with E-state index in [4.69, 9.17) is 9.47 Å². The van der Waals surface area contributed by atoms with Crippen molar-refractivity contribution >= 4 is 28.7 Å². The van der Waals surface area contributed by atoms with Crippen LogP contribution in [0.25, 0.3) is 12.2 Å². The minimum absolute atomic E-state index is 0.258. The first kappa shape index (κ1) is 16.4. The topological polar surface area (TPSA) is 59.1 Å². The van der Waals surface area contributed by atoms with Crippen molar-refractivity contribution in [1.29, 1.82) is 0 Å². The smallest absolute Gasteiger partial charge is 0.238 e. The molecule has 0 fully saturated rings. The Morgan fingerprint density at radius 3 is 2.21 bits per heavy atom. The predicted molar refractivity (Wildman–Crippen MR) is 94.4 cm³/mol. The van der Waals surface area contributed by atoms with Gasteiger partial charge in [0.2, 0.25) is 17.7 Å². The van der Waals surface area contributed by atoms with Crippen molar-refractivity contribution in [3.63, 3.8) is 0 Å². The van der Waals surface area contributed by atoms with E-state index in [-0.39, 0.29) is 6.79 Å². The molecule has 2 aromatic rings. The molecule has 3 rings (SSSR count). The van der Waals surface area contributed by atoms with E-state index in [0.29, 0.717) is 5.69 Å². The lowest BCUT2D eigenvalue weighted by molar-refractivity contribution is 0.174. The van der Waals surface area contributed by atoms with Crippen molar-refractivity contribution < 1.29 is 17.9 Å². The lowest BCUT2D eigenvalue weighted by Gasteiger charge is -2.24. The Balaban J connectivity index is 1.76. The minimum atomic E-state index is -2.72. The Labute approximate surface area is 142 Å². The molecule has 0 amide bonds. The molecule has 24 heavy (non-hydrogen) atoms. The molecular formula is C17H18N2O4S. The zero-order chi connectivity index (χ0) is 17.1. The van der Waals surface area contributed by atoms with E-state index in [1.807, 2.05) is 42.5 Å². The number of anilines is 1. The highest BCUT2D eigenvalue weighted by molar-refractivity contribution is 7.73. The summed E-state index contributed by atoms with van der Waals surface area (Å²) in [5.41, 5.74) is 2.56. The first-order valence-corrected chi connectivity index (χ1v) is 8.47. The average molecular weight is 346 g/mol. The monoisotopic (exact) mass is 346 g/mol. The second-order valence-corrected chi connectivity index (χ2v) is 6.27. The van der Waals surface area contributed by atoms with Gasteiger partial charge in [0.15, 0.2) is 11.5 Å². The first-order valence-electron chi connectivity index (χ1n) is 7.34. The van der Waals surface area contributed by atoms with E-state index in [1.54, 1.807) is 26.2 Å².